The highest BCUT2D eigenvalue weighted by Crippen LogP contribution is 2.12. The summed E-state index contributed by atoms with van der Waals surface area (Å²) >= 11 is 0. The Kier molecular flexibility index (Phi) is 10.1. The van der Waals surface area contributed by atoms with Crippen molar-refractivity contribution < 1.29 is 9.59 Å². The first-order chi connectivity index (χ1) is 12.3. The molecule has 0 aromatic carbocycles. The van der Waals surface area contributed by atoms with Gasteiger partial charge in [-0.2, -0.15) is 0 Å². The van der Waals surface area contributed by atoms with Gasteiger partial charge in [-0.25, -0.2) is 0 Å². The fraction of sp³-hybridized carbons (Fsp3) is 0.842. The molecule has 0 atom stereocenters. The summed E-state index contributed by atoms with van der Waals surface area (Å²) in [6.45, 7) is 12.0. The smallest absolute Gasteiger partial charge is 0.225 e. The molecular weight excluding hydrogens is 330 g/mol. The molecule has 0 spiro atoms. The lowest BCUT2D eigenvalue weighted by Gasteiger charge is -2.20. The van der Waals surface area contributed by atoms with Gasteiger partial charge in [0.05, 0.1) is 0 Å². The number of likely N-dealkylation sites (tertiary alicyclic amines) is 1. The number of carbonyl (C=O) groups excluding carboxylic acids is 2. The molecule has 1 rings (SSSR count). The van der Waals surface area contributed by atoms with Crippen LogP contribution in [0.2, 0.25) is 0 Å². The lowest BCUT2D eigenvalue weighted by Crippen LogP contribution is -2.43. The number of carbonyl (C=O) groups is 2. The Morgan fingerprint density at radius 1 is 1.12 bits per heavy atom. The summed E-state index contributed by atoms with van der Waals surface area (Å²) in [6.07, 6.45) is 4.84. The van der Waals surface area contributed by atoms with Crippen LogP contribution in [0, 0.1) is 5.41 Å². The van der Waals surface area contributed by atoms with Crippen LogP contribution in [0.1, 0.15) is 59.8 Å². The van der Waals surface area contributed by atoms with E-state index in [1.165, 1.54) is 0 Å². The number of nitrogens with one attached hydrogen (secondary N) is 3. The van der Waals surface area contributed by atoms with Gasteiger partial charge in [0.25, 0.3) is 0 Å². The number of aliphatic imine (C=N–C) groups is 1. The van der Waals surface area contributed by atoms with Crippen LogP contribution < -0.4 is 16.0 Å². The van der Waals surface area contributed by atoms with Crippen LogP contribution in [0.4, 0.5) is 0 Å². The summed E-state index contributed by atoms with van der Waals surface area (Å²) in [4.78, 5) is 30.3. The Hall–Kier alpha value is -1.79. The molecule has 3 N–H and O–H groups in total. The molecule has 2 amide bonds. The van der Waals surface area contributed by atoms with E-state index in [0.29, 0.717) is 26.1 Å². The quantitative estimate of drug-likeness (QED) is 0.345. The molecule has 0 saturated carbocycles. The highest BCUT2D eigenvalue weighted by molar-refractivity contribution is 5.82. The zero-order valence-corrected chi connectivity index (χ0v) is 17.0. The number of hydrogen-bond acceptors (Lipinski definition) is 3. The van der Waals surface area contributed by atoms with Gasteiger partial charge in [-0.15, -0.1) is 0 Å². The van der Waals surface area contributed by atoms with Crippen LogP contribution in [0.15, 0.2) is 4.99 Å². The zero-order chi connectivity index (χ0) is 19.4. The molecule has 0 radical (unpaired) electrons. The van der Waals surface area contributed by atoms with Gasteiger partial charge in [0.1, 0.15) is 0 Å². The van der Waals surface area contributed by atoms with Crippen molar-refractivity contribution in [3.8, 4) is 0 Å². The third kappa shape index (κ3) is 9.06. The van der Waals surface area contributed by atoms with Crippen LogP contribution in [-0.4, -0.2) is 61.9 Å². The van der Waals surface area contributed by atoms with Crippen molar-refractivity contribution in [1.82, 2.24) is 20.9 Å². The molecule has 1 saturated heterocycles. The molecule has 7 nitrogen and oxygen atoms in total. The van der Waals surface area contributed by atoms with Gasteiger partial charge >= 0.3 is 0 Å². The normalized spacial score (nSPS) is 16.2. The number of amides is 2. The van der Waals surface area contributed by atoms with E-state index in [1.807, 2.05) is 32.6 Å². The minimum absolute atomic E-state index is 0.0448. The standard InChI is InChI=1S/C19H37N5O2/c1-5-20-18(23-13-12-21-17(26)19(2,3)4)22-11-9-15-24-14-8-6-7-10-16(24)25/h5-15H2,1-4H3,(H,21,26)(H2,20,22,23). The van der Waals surface area contributed by atoms with Crippen molar-refractivity contribution in [2.24, 2.45) is 10.4 Å². The molecule has 0 unspecified atom stereocenters. The van der Waals surface area contributed by atoms with Crippen LogP contribution in [-0.2, 0) is 9.59 Å². The topological polar surface area (TPSA) is 85.8 Å². The maximum Gasteiger partial charge on any atom is 0.225 e. The summed E-state index contributed by atoms with van der Waals surface area (Å²) in [6, 6.07) is 0. The summed E-state index contributed by atoms with van der Waals surface area (Å²) in [5.74, 6) is 1.08. The molecule has 1 fully saturated rings. The lowest BCUT2D eigenvalue weighted by atomic mass is 9.96. The van der Waals surface area contributed by atoms with Gasteiger partial charge in [-0.3, -0.25) is 14.6 Å². The van der Waals surface area contributed by atoms with E-state index < -0.39 is 0 Å². The van der Waals surface area contributed by atoms with Gasteiger partial charge < -0.3 is 20.9 Å². The van der Waals surface area contributed by atoms with Crippen molar-refractivity contribution in [3.05, 3.63) is 0 Å². The second kappa shape index (κ2) is 11.8. The number of rotatable bonds is 8. The molecule has 0 aromatic heterocycles. The van der Waals surface area contributed by atoms with Gasteiger partial charge in [0, 0.05) is 51.1 Å². The first-order valence-corrected chi connectivity index (χ1v) is 9.93. The third-order valence-electron chi connectivity index (χ3n) is 4.26. The zero-order valence-electron chi connectivity index (χ0n) is 17.0. The largest absolute Gasteiger partial charge is 0.357 e. The maximum absolute atomic E-state index is 12.0. The summed E-state index contributed by atoms with van der Waals surface area (Å²) in [5.41, 5.74) is -0.372. The van der Waals surface area contributed by atoms with Crippen LogP contribution in [0.25, 0.3) is 0 Å². The Bertz CT molecular complexity index is 471. The Labute approximate surface area is 158 Å². The SMILES string of the molecule is CCNC(=NCCCN1CCCCCC1=O)NCCNC(=O)C(C)(C)C. The van der Waals surface area contributed by atoms with E-state index in [2.05, 4.69) is 20.9 Å². The van der Waals surface area contributed by atoms with E-state index >= 15 is 0 Å². The predicted octanol–water partition coefficient (Wildman–Crippen LogP) is 1.50. The van der Waals surface area contributed by atoms with E-state index in [1.54, 1.807) is 0 Å². The van der Waals surface area contributed by atoms with Gasteiger partial charge in [0.15, 0.2) is 5.96 Å². The monoisotopic (exact) mass is 367 g/mol. The molecule has 1 heterocycles. The number of hydrogen-bond donors (Lipinski definition) is 3. The Morgan fingerprint density at radius 2 is 1.85 bits per heavy atom. The van der Waals surface area contributed by atoms with E-state index in [4.69, 9.17) is 0 Å². The highest BCUT2D eigenvalue weighted by Gasteiger charge is 2.20. The molecule has 150 valence electrons. The summed E-state index contributed by atoms with van der Waals surface area (Å²) in [7, 11) is 0. The predicted molar refractivity (Wildman–Crippen MR) is 106 cm³/mol. The van der Waals surface area contributed by atoms with Crippen molar-refractivity contribution in [2.75, 3.05) is 39.3 Å². The van der Waals surface area contributed by atoms with E-state index in [-0.39, 0.29) is 17.2 Å². The first-order valence-electron chi connectivity index (χ1n) is 9.93. The molecule has 0 bridgehead atoms. The van der Waals surface area contributed by atoms with Crippen molar-refractivity contribution in [2.45, 2.75) is 59.8 Å². The number of guanidine groups is 1. The minimum atomic E-state index is -0.372. The second-order valence-corrected chi connectivity index (χ2v) is 7.74. The minimum Gasteiger partial charge on any atom is -0.357 e. The van der Waals surface area contributed by atoms with Crippen molar-refractivity contribution >= 4 is 17.8 Å². The van der Waals surface area contributed by atoms with Gasteiger partial charge in [-0.05, 0) is 26.2 Å². The fourth-order valence-electron chi connectivity index (χ4n) is 2.69. The average Bonchev–Trinajstić information content (AvgIpc) is 2.78. The lowest BCUT2D eigenvalue weighted by molar-refractivity contribution is -0.130. The molecular formula is C19H37N5O2. The second-order valence-electron chi connectivity index (χ2n) is 7.74. The fourth-order valence-corrected chi connectivity index (χ4v) is 2.69. The molecule has 0 aromatic rings. The average molecular weight is 368 g/mol. The molecule has 26 heavy (non-hydrogen) atoms. The van der Waals surface area contributed by atoms with Crippen LogP contribution in [0.5, 0.6) is 0 Å². The van der Waals surface area contributed by atoms with Crippen LogP contribution in [0.3, 0.4) is 0 Å². The number of nitrogens with zero attached hydrogens (tertiary/aromatic N) is 2. The van der Waals surface area contributed by atoms with Gasteiger partial charge in [0.2, 0.25) is 11.8 Å². The maximum atomic E-state index is 12.0. The Morgan fingerprint density at radius 3 is 2.54 bits per heavy atom. The van der Waals surface area contributed by atoms with Gasteiger partial charge in [-0.1, -0.05) is 27.2 Å². The molecule has 7 heteroatoms. The highest BCUT2D eigenvalue weighted by atomic mass is 16.2. The first kappa shape index (κ1) is 22.3. The van der Waals surface area contributed by atoms with Crippen LogP contribution >= 0.6 is 0 Å². The van der Waals surface area contributed by atoms with Crippen molar-refractivity contribution in [1.29, 1.82) is 0 Å². The third-order valence-corrected chi connectivity index (χ3v) is 4.26. The van der Waals surface area contributed by atoms with E-state index in [9.17, 15) is 9.59 Å². The summed E-state index contributed by atoms with van der Waals surface area (Å²) in [5, 5.41) is 9.34. The molecule has 0 aliphatic carbocycles. The van der Waals surface area contributed by atoms with Crippen molar-refractivity contribution in [3.63, 3.8) is 0 Å². The summed E-state index contributed by atoms with van der Waals surface area (Å²) < 4.78 is 0. The molecule has 1 aliphatic heterocycles. The molecule has 1 aliphatic rings. The van der Waals surface area contributed by atoms with E-state index in [0.717, 1.165) is 51.3 Å². The Balaban J connectivity index is 2.29.